The molecular weight excluding hydrogens is 484 g/mol. The second kappa shape index (κ2) is 12.9. The summed E-state index contributed by atoms with van der Waals surface area (Å²) in [5, 5.41) is 15.0. The summed E-state index contributed by atoms with van der Waals surface area (Å²) in [5.41, 5.74) is 2.48. The van der Waals surface area contributed by atoms with E-state index in [0.717, 1.165) is 16.7 Å². The molecular formula is C30H28N2O6. The number of hydrogen-bond acceptors (Lipinski definition) is 5. The van der Waals surface area contributed by atoms with Gasteiger partial charge >= 0.3 is 5.97 Å². The van der Waals surface area contributed by atoms with E-state index in [4.69, 9.17) is 9.47 Å². The first kappa shape index (κ1) is 26.2. The highest BCUT2D eigenvalue weighted by atomic mass is 16.7. The minimum absolute atomic E-state index is 0.123. The standard InChI is InChI=1S/C30H28N2O6/c33-28(14-8-7-13-23-15-16-26-27(19-23)38-20-37-26)31-24(17-21-9-3-1-4-10-21)29(34)32-25(30(35)36)18-22-11-5-2-6-12-22/h1-16,19,24-25H,17-18,20H2,(H,31,33)(H,32,34)(H,35,36)/b13-7+,14-8+/t24-,25-/m1/s1. The Morgan fingerprint density at radius 2 is 1.42 bits per heavy atom. The number of rotatable bonds is 11. The Morgan fingerprint density at radius 1 is 0.789 bits per heavy atom. The average molecular weight is 513 g/mol. The molecule has 3 aromatic rings. The minimum atomic E-state index is -1.15. The predicted molar refractivity (Wildman–Crippen MR) is 143 cm³/mol. The SMILES string of the molecule is O=C(/C=C/C=C/c1ccc2c(c1)OCO2)N[C@H](Cc1ccccc1)C(=O)N[C@H](Cc1ccccc1)C(=O)O. The third kappa shape index (κ3) is 7.57. The van der Waals surface area contributed by atoms with Gasteiger partial charge in [0.1, 0.15) is 12.1 Å². The van der Waals surface area contributed by atoms with Gasteiger partial charge in [-0.2, -0.15) is 0 Å². The van der Waals surface area contributed by atoms with Gasteiger partial charge in [-0.25, -0.2) is 4.79 Å². The van der Waals surface area contributed by atoms with Crippen molar-refractivity contribution < 1.29 is 29.0 Å². The van der Waals surface area contributed by atoms with Crippen molar-refractivity contribution in [3.05, 3.63) is 114 Å². The van der Waals surface area contributed by atoms with Gasteiger partial charge in [0.2, 0.25) is 18.6 Å². The van der Waals surface area contributed by atoms with Crippen LogP contribution in [0.2, 0.25) is 0 Å². The van der Waals surface area contributed by atoms with Crippen LogP contribution >= 0.6 is 0 Å². The largest absolute Gasteiger partial charge is 0.480 e. The summed E-state index contributed by atoms with van der Waals surface area (Å²) in [6.45, 7) is 0.194. The number of carboxylic acid groups (broad SMARTS) is 1. The van der Waals surface area contributed by atoms with E-state index < -0.39 is 29.9 Å². The lowest BCUT2D eigenvalue weighted by atomic mass is 10.0. The number of allylic oxidation sites excluding steroid dienone is 2. The van der Waals surface area contributed by atoms with Gasteiger partial charge in [-0.1, -0.05) is 85.0 Å². The first-order chi connectivity index (χ1) is 18.5. The van der Waals surface area contributed by atoms with Crippen LogP contribution in [0.5, 0.6) is 11.5 Å². The van der Waals surface area contributed by atoms with Crippen molar-refractivity contribution in [2.75, 3.05) is 6.79 Å². The molecule has 0 fully saturated rings. The maximum absolute atomic E-state index is 13.1. The molecule has 0 saturated heterocycles. The molecule has 3 aromatic carbocycles. The summed E-state index contributed by atoms with van der Waals surface area (Å²) in [6, 6.07) is 21.7. The summed E-state index contributed by atoms with van der Waals surface area (Å²) in [7, 11) is 0. The Kier molecular flexibility index (Phi) is 8.91. The van der Waals surface area contributed by atoms with E-state index in [1.165, 1.54) is 6.08 Å². The monoisotopic (exact) mass is 512 g/mol. The molecule has 0 saturated carbocycles. The summed E-state index contributed by atoms with van der Waals surface area (Å²) >= 11 is 0. The van der Waals surface area contributed by atoms with E-state index in [-0.39, 0.29) is 19.6 Å². The Bertz CT molecular complexity index is 1320. The Hall–Kier alpha value is -4.85. The first-order valence-electron chi connectivity index (χ1n) is 12.1. The fourth-order valence-corrected chi connectivity index (χ4v) is 3.93. The van der Waals surface area contributed by atoms with Crippen LogP contribution in [-0.4, -0.2) is 41.8 Å². The van der Waals surface area contributed by atoms with Gasteiger partial charge in [0.05, 0.1) is 0 Å². The molecule has 4 rings (SSSR count). The van der Waals surface area contributed by atoms with Crippen molar-refractivity contribution in [2.24, 2.45) is 0 Å². The van der Waals surface area contributed by atoms with Crippen LogP contribution in [0.25, 0.3) is 6.08 Å². The summed E-state index contributed by atoms with van der Waals surface area (Å²) in [5.74, 6) is -0.856. The van der Waals surface area contributed by atoms with Gasteiger partial charge in [-0.15, -0.1) is 0 Å². The number of amides is 2. The van der Waals surface area contributed by atoms with Crippen molar-refractivity contribution in [3.8, 4) is 11.5 Å². The van der Waals surface area contributed by atoms with Crippen molar-refractivity contribution in [2.45, 2.75) is 24.9 Å². The minimum Gasteiger partial charge on any atom is -0.480 e. The zero-order valence-electron chi connectivity index (χ0n) is 20.6. The fraction of sp³-hybridized carbons (Fsp3) is 0.167. The molecule has 1 aliphatic heterocycles. The third-order valence-electron chi connectivity index (χ3n) is 5.86. The van der Waals surface area contributed by atoms with Crippen molar-refractivity contribution in [1.29, 1.82) is 0 Å². The van der Waals surface area contributed by atoms with E-state index in [1.54, 1.807) is 30.4 Å². The van der Waals surface area contributed by atoms with Crippen LogP contribution in [0.4, 0.5) is 0 Å². The third-order valence-corrected chi connectivity index (χ3v) is 5.86. The fourth-order valence-electron chi connectivity index (χ4n) is 3.93. The highest BCUT2D eigenvalue weighted by Gasteiger charge is 2.26. The molecule has 8 heteroatoms. The maximum atomic E-state index is 13.1. The molecule has 0 aliphatic carbocycles. The maximum Gasteiger partial charge on any atom is 0.326 e. The summed E-state index contributed by atoms with van der Waals surface area (Å²) < 4.78 is 10.7. The quantitative estimate of drug-likeness (QED) is 0.268. The highest BCUT2D eigenvalue weighted by molar-refractivity contribution is 5.94. The van der Waals surface area contributed by atoms with Crippen molar-refractivity contribution in [3.63, 3.8) is 0 Å². The van der Waals surface area contributed by atoms with Crippen LogP contribution < -0.4 is 20.1 Å². The van der Waals surface area contributed by atoms with Gasteiger partial charge in [0.15, 0.2) is 11.5 Å². The number of hydrogen-bond donors (Lipinski definition) is 3. The molecule has 38 heavy (non-hydrogen) atoms. The molecule has 194 valence electrons. The molecule has 8 nitrogen and oxygen atoms in total. The van der Waals surface area contributed by atoms with Crippen LogP contribution in [-0.2, 0) is 27.2 Å². The Balaban J connectivity index is 1.41. The van der Waals surface area contributed by atoms with Crippen LogP contribution in [0.15, 0.2) is 97.1 Å². The van der Waals surface area contributed by atoms with Gasteiger partial charge in [0, 0.05) is 18.9 Å². The van der Waals surface area contributed by atoms with E-state index in [9.17, 15) is 19.5 Å². The van der Waals surface area contributed by atoms with Crippen LogP contribution in [0.3, 0.4) is 0 Å². The molecule has 2 atom stereocenters. The molecule has 0 bridgehead atoms. The summed E-state index contributed by atoms with van der Waals surface area (Å²) in [6.07, 6.45) is 6.71. The average Bonchev–Trinajstić information content (AvgIpc) is 3.39. The van der Waals surface area contributed by atoms with Crippen LogP contribution in [0.1, 0.15) is 16.7 Å². The van der Waals surface area contributed by atoms with Gasteiger partial charge in [-0.05, 0) is 28.8 Å². The molecule has 0 aromatic heterocycles. The van der Waals surface area contributed by atoms with E-state index in [2.05, 4.69) is 10.6 Å². The number of aliphatic carboxylic acids is 1. The Morgan fingerprint density at radius 3 is 2.08 bits per heavy atom. The number of ether oxygens (including phenoxy) is 2. The summed E-state index contributed by atoms with van der Waals surface area (Å²) in [4.78, 5) is 37.7. The molecule has 0 spiro atoms. The molecule has 2 amide bonds. The second-order valence-corrected chi connectivity index (χ2v) is 8.67. The number of nitrogens with one attached hydrogen (secondary N) is 2. The lowest BCUT2D eigenvalue weighted by Crippen LogP contribution is -2.52. The zero-order valence-corrected chi connectivity index (χ0v) is 20.6. The number of carbonyl (C=O) groups is 3. The second-order valence-electron chi connectivity index (χ2n) is 8.67. The van der Waals surface area contributed by atoms with E-state index in [0.29, 0.717) is 11.5 Å². The lowest BCUT2D eigenvalue weighted by molar-refractivity contribution is -0.142. The first-order valence-corrected chi connectivity index (χ1v) is 12.1. The van der Waals surface area contributed by atoms with Crippen molar-refractivity contribution >= 4 is 23.9 Å². The molecule has 1 heterocycles. The molecule has 1 aliphatic rings. The van der Waals surface area contributed by atoms with Gasteiger partial charge in [-0.3, -0.25) is 9.59 Å². The molecule has 0 radical (unpaired) electrons. The predicted octanol–water partition coefficient (Wildman–Crippen LogP) is 3.52. The topological polar surface area (TPSA) is 114 Å². The lowest BCUT2D eigenvalue weighted by Gasteiger charge is -2.21. The van der Waals surface area contributed by atoms with Crippen LogP contribution in [0, 0.1) is 0 Å². The van der Waals surface area contributed by atoms with E-state index >= 15 is 0 Å². The van der Waals surface area contributed by atoms with E-state index in [1.807, 2.05) is 66.7 Å². The normalized spacial score (nSPS) is 13.8. The zero-order chi connectivity index (χ0) is 26.7. The van der Waals surface area contributed by atoms with Gasteiger partial charge < -0.3 is 25.2 Å². The number of benzene rings is 3. The Labute approximate surface area is 220 Å². The number of carbonyl (C=O) groups excluding carboxylic acids is 2. The van der Waals surface area contributed by atoms with Gasteiger partial charge in [0.25, 0.3) is 0 Å². The number of fused-ring (bicyclic) bond motifs is 1. The van der Waals surface area contributed by atoms with Crippen molar-refractivity contribution in [1.82, 2.24) is 10.6 Å². The smallest absolute Gasteiger partial charge is 0.326 e. The highest BCUT2D eigenvalue weighted by Crippen LogP contribution is 2.32. The molecule has 0 unspecified atom stereocenters. The molecule has 3 N–H and O–H groups in total. The number of carboxylic acids is 1.